The molecule has 1 aromatic rings. The smallest absolute Gasteiger partial charge is 0.350 e. The third-order valence-electron chi connectivity index (χ3n) is 3.80. The maximum absolute atomic E-state index is 11.0. The van der Waals surface area contributed by atoms with Crippen molar-refractivity contribution < 1.29 is 19.9 Å². The summed E-state index contributed by atoms with van der Waals surface area (Å²) in [5.74, 6) is -0.137. The molecule has 0 bridgehead atoms. The molecule has 20 heavy (non-hydrogen) atoms. The largest absolute Gasteiger partial charge is 0.468 e. The number of nitro groups is 1. The molecular formula is C10H17B2N3O5. The molecule has 108 valence electrons. The highest BCUT2D eigenvalue weighted by Crippen LogP contribution is 2.44. The summed E-state index contributed by atoms with van der Waals surface area (Å²) in [4.78, 5) is 10.4. The van der Waals surface area contributed by atoms with Crippen molar-refractivity contribution in [2.24, 2.45) is 5.41 Å². The third-order valence-corrected chi connectivity index (χ3v) is 3.80. The molecule has 0 aromatic carbocycles. The Hall–Kier alpha value is -1.54. The predicted octanol–water partition coefficient (Wildman–Crippen LogP) is -1.84. The molecule has 2 atom stereocenters. The maximum Gasteiger partial charge on any atom is 0.350 e. The monoisotopic (exact) mass is 281 g/mol. The predicted molar refractivity (Wildman–Crippen MR) is 75.0 cm³/mol. The molecule has 1 fully saturated rings. The first-order valence-corrected chi connectivity index (χ1v) is 6.35. The molecule has 1 heterocycles. The van der Waals surface area contributed by atoms with E-state index in [1.165, 1.54) is 15.7 Å². The molecule has 8 nitrogen and oxygen atoms in total. The van der Waals surface area contributed by atoms with Crippen molar-refractivity contribution in [2.75, 3.05) is 0 Å². The Labute approximate surface area is 117 Å². The summed E-state index contributed by atoms with van der Waals surface area (Å²) in [5, 5.41) is 34.5. The zero-order valence-electron chi connectivity index (χ0n) is 11.9. The van der Waals surface area contributed by atoms with Crippen molar-refractivity contribution in [1.29, 1.82) is 0 Å². The van der Waals surface area contributed by atoms with Crippen molar-refractivity contribution in [3.8, 4) is 5.88 Å². The van der Waals surface area contributed by atoms with Crippen LogP contribution in [0.3, 0.4) is 0 Å². The lowest BCUT2D eigenvalue weighted by Crippen LogP contribution is -2.56. The van der Waals surface area contributed by atoms with Gasteiger partial charge >= 0.3 is 11.6 Å². The summed E-state index contributed by atoms with van der Waals surface area (Å²) >= 11 is 0. The molecular weight excluding hydrogens is 264 g/mol. The van der Waals surface area contributed by atoms with Crippen LogP contribution in [0.4, 0.5) is 5.69 Å². The maximum atomic E-state index is 11.0. The Kier molecular flexibility index (Phi) is 3.34. The van der Waals surface area contributed by atoms with Gasteiger partial charge in [-0.2, -0.15) is 0 Å². The van der Waals surface area contributed by atoms with E-state index in [0.29, 0.717) is 6.42 Å². The van der Waals surface area contributed by atoms with Crippen molar-refractivity contribution in [1.82, 2.24) is 9.78 Å². The number of ether oxygens (including phenoxy) is 1. The van der Waals surface area contributed by atoms with E-state index in [1.54, 1.807) is 0 Å². The number of aliphatic hydroxyl groups excluding tert-OH is 1. The number of aromatic nitrogens is 2. The Balaban J connectivity index is 2.28. The molecule has 1 aliphatic carbocycles. The third kappa shape index (κ3) is 2.40. The second-order valence-electron chi connectivity index (χ2n) is 6.19. The quantitative estimate of drug-likeness (QED) is 0.381. The standard InChI is InChI=1S/C10H17B2N3O5/c1-9(2)6(16)3-7(9)20-8-5(15(18)19)4-14(13-8)10(11,12)17/h4,6-7,16-17H,3,11-12H2,1-2H3. The fourth-order valence-electron chi connectivity index (χ4n) is 2.04. The molecule has 2 rings (SSSR count). The van der Waals surface area contributed by atoms with Crippen LogP contribution >= 0.6 is 0 Å². The summed E-state index contributed by atoms with van der Waals surface area (Å²) in [5.41, 5.74) is -2.14. The second kappa shape index (κ2) is 4.49. The average molecular weight is 281 g/mol. The van der Waals surface area contributed by atoms with Crippen LogP contribution in [0.2, 0.25) is 0 Å². The number of rotatable bonds is 4. The lowest BCUT2D eigenvalue weighted by molar-refractivity contribution is -0.386. The van der Waals surface area contributed by atoms with Crippen LogP contribution in [0, 0.1) is 15.5 Å². The van der Waals surface area contributed by atoms with E-state index in [-0.39, 0.29) is 17.7 Å². The van der Waals surface area contributed by atoms with Gasteiger partial charge in [-0.3, -0.25) is 10.1 Å². The van der Waals surface area contributed by atoms with Gasteiger partial charge < -0.3 is 14.9 Å². The van der Waals surface area contributed by atoms with Crippen LogP contribution in [0.25, 0.3) is 0 Å². The van der Waals surface area contributed by atoms with Gasteiger partial charge in [-0.05, 0) is 0 Å². The van der Waals surface area contributed by atoms with Crippen LogP contribution < -0.4 is 4.74 Å². The number of hydrogen-bond donors (Lipinski definition) is 2. The van der Waals surface area contributed by atoms with E-state index in [1.807, 2.05) is 13.8 Å². The van der Waals surface area contributed by atoms with Gasteiger partial charge in [-0.15, -0.1) is 5.10 Å². The minimum Gasteiger partial charge on any atom is -0.468 e. The van der Waals surface area contributed by atoms with Gasteiger partial charge in [-0.1, -0.05) is 13.8 Å². The lowest BCUT2D eigenvalue weighted by Gasteiger charge is -2.47. The molecule has 0 radical (unpaired) electrons. The summed E-state index contributed by atoms with van der Waals surface area (Å²) in [7, 11) is 2.93. The Morgan fingerprint density at radius 1 is 1.65 bits per heavy atom. The Morgan fingerprint density at radius 3 is 2.65 bits per heavy atom. The van der Waals surface area contributed by atoms with Gasteiger partial charge in [0, 0.05) is 11.8 Å². The van der Waals surface area contributed by atoms with Crippen LogP contribution in [0.5, 0.6) is 5.88 Å². The van der Waals surface area contributed by atoms with Gasteiger partial charge in [0.25, 0.3) is 0 Å². The van der Waals surface area contributed by atoms with Gasteiger partial charge in [0.05, 0.1) is 16.6 Å². The lowest BCUT2D eigenvalue weighted by atomic mass is 9.66. The van der Waals surface area contributed by atoms with Crippen LogP contribution in [0.15, 0.2) is 6.20 Å². The first kappa shape index (κ1) is 14.9. The van der Waals surface area contributed by atoms with Gasteiger partial charge in [0.1, 0.15) is 12.3 Å². The molecule has 1 aliphatic rings. The molecule has 1 aromatic heterocycles. The van der Waals surface area contributed by atoms with E-state index < -0.39 is 22.0 Å². The number of aliphatic hydroxyl groups is 2. The number of nitrogens with zero attached hydrogens (tertiary/aromatic N) is 3. The van der Waals surface area contributed by atoms with Crippen molar-refractivity contribution >= 4 is 21.4 Å². The molecule has 0 spiro atoms. The highest BCUT2D eigenvalue weighted by Gasteiger charge is 2.50. The molecule has 2 unspecified atom stereocenters. The fraction of sp³-hybridized carbons (Fsp3) is 0.700. The zero-order chi connectivity index (χ0) is 15.3. The fourth-order valence-corrected chi connectivity index (χ4v) is 2.04. The highest BCUT2D eigenvalue weighted by molar-refractivity contribution is 6.36. The van der Waals surface area contributed by atoms with Gasteiger partial charge in [0.2, 0.25) is 0 Å². The van der Waals surface area contributed by atoms with E-state index in [9.17, 15) is 20.3 Å². The zero-order valence-corrected chi connectivity index (χ0v) is 11.9. The van der Waals surface area contributed by atoms with Crippen LogP contribution in [-0.4, -0.2) is 52.8 Å². The Bertz CT molecular complexity index is 539. The van der Waals surface area contributed by atoms with E-state index in [4.69, 9.17) is 4.74 Å². The first-order valence-electron chi connectivity index (χ1n) is 6.35. The first-order chi connectivity index (χ1) is 9.03. The minimum absolute atomic E-state index is 0.137. The van der Waals surface area contributed by atoms with Crippen molar-refractivity contribution in [2.45, 2.75) is 38.0 Å². The van der Waals surface area contributed by atoms with E-state index in [0.717, 1.165) is 10.9 Å². The molecule has 0 amide bonds. The van der Waals surface area contributed by atoms with Gasteiger partial charge in [0.15, 0.2) is 15.7 Å². The SMILES string of the molecule is BC(B)(O)n1cc([N+](=O)[O-])c(OC2CC(O)C2(C)C)n1. The van der Waals surface area contributed by atoms with Crippen molar-refractivity contribution in [3.63, 3.8) is 0 Å². The minimum atomic E-state index is -1.36. The summed E-state index contributed by atoms with van der Waals surface area (Å²) in [6.07, 6.45) is 0.695. The van der Waals surface area contributed by atoms with Crippen molar-refractivity contribution in [3.05, 3.63) is 16.3 Å². The van der Waals surface area contributed by atoms with E-state index >= 15 is 0 Å². The van der Waals surface area contributed by atoms with E-state index in [2.05, 4.69) is 5.10 Å². The number of hydrogen-bond acceptors (Lipinski definition) is 6. The molecule has 10 heteroatoms. The summed E-state index contributed by atoms with van der Waals surface area (Å²) < 4.78 is 6.65. The normalized spacial score (nSPS) is 25.0. The van der Waals surface area contributed by atoms with Crippen LogP contribution in [-0.2, 0) is 5.52 Å². The summed E-state index contributed by atoms with van der Waals surface area (Å²) in [6.45, 7) is 3.65. The molecule has 2 N–H and O–H groups in total. The average Bonchev–Trinajstić information content (AvgIpc) is 2.72. The topological polar surface area (TPSA) is 111 Å². The molecule has 0 aliphatic heterocycles. The highest BCUT2D eigenvalue weighted by atomic mass is 16.6. The summed E-state index contributed by atoms with van der Waals surface area (Å²) in [6, 6.07) is 0. The molecule has 1 saturated carbocycles. The Morgan fingerprint density at radius 2 is 2.25 bits per heavy atom. The second-order valence-corrected chi connectivity index (χ2v) is 6.19. The molecule has 0 saturated heterocycles. The van der Waals surface area contributed by atoms with Gasteiger partial charge in [-0.25, -0.2) is 4.68 Å². The van der Waals surface area contributed by atoms with Crippen LogP contribution in [0.1, 0.15) is 20.3 Å².